The molecule has 1 aromatic heterocycles. The number of alkyl halides is 3. The van der Waals surface area contributed by atoms with Crippen LogP contribution >= 0.6 is 11.3 Å². The van der Waals surface area contributed by atoms with Crippen molar-refractivity contribution in [2.75, 3.05) is 32.9 Å². The van der Waals surface area contributed by atoms with Gasteiger partial charge in [-0.3, -0.25) is 4.90 Å². The first-order valence-electron chi connectivity index (χ1n) is 9.02. The number of carbonyl (C=O) groups is 1. The monoisotopic (exact) mass is 409 g/mol. The maximum Gasteiger partial charge on any atom is 0.490 e. The minimum absolute atomic E-state index is 0.0590. The van der Waals surface area contributed by atoms with Crippen molar-refractivity contribution < 1.29 is 32.5 Å². The van der Waals surface area contributed by atoms with Crippen molar-refractivity contribution in [3.05, 3.63) is 22.4 Å². The highest BCUT2D eigenvalue weighted by Gasteiger charge is 2.46. The van der Waals surface area contributed by atoms with Gasteiger partial charge in [0.15, 0.2) is 0 Å². The topological polar surface area (TPSA) is 59.0 Å². The molecule has 1 aliphatic carbocycles. The van der Waals surface area contributed by atoms with E-state index in [1.165, 1.54) is 24.8 Å². The van der Waals surface area contributed by atoms with E-state index in [0.717, 1.165) is 39.5 Å². The number of hydrogen-bond acceptors (Lipinski definition) is 5. The minimum Gasteiger partial charge on any atom is -0.475 e. The molecule has 0 bridgehead atoms. The lowest BCUT2D eigenvalue weighted by molar-refractivity contribution is -0.192. The smallest absolute Gasteiger partial charge is 0.475 e. The molecule has 2 heterocycles. The largest absolute Gasteiger partial charge is 0.490 e. The maximum absolute atomic E-state index is 10.6. The van der Waals surface area contributed by atoms with Crippen LogP contribution in [0.25, 0.3) is 0 Å². The predicted octanol–water partition coefficient (Wildman–Crippen LogP) is 3.79. The van der Waals surface area contributed by atoms with Gasteiger partial charge in [0.25, 0.3) is 0 Å². The zero-order chi connectivity index (χ0) is 19.9. The van der Waals surface area contributed by atoms with Gasteiger partial charge in [0.2, 0.25) is 0 Å². The average Bonchev–Trinajstić information content (AvgIpc) is 3.23. The number of rotatable bonds is 5. The molecular weight excluding hydrogens is 383 g/mol. The highest BCUT2D eigenvalue weighted by atomic mass is 32.1. The fourth-order valence-electron chi connectivity index (χ4n) is 3.67. The SMILES string of the molecule is CCOC[C@@H]1CCC[C@@]12CN(Cc1ccsc1)CCO2.O=C(O)C(F)(F)F. The number of ether oxygens (including phenoxy) is 2. The minimum atomic E-state index is -5.08. The lowest BCUT2D eigenvalue weighted by Crippen LogP contribution is -2.54. The molecule has 0 radical (unpaired) electrons. The molecule has 1 spiro atoms. The van der Waals surface area contributed by atoms with Crippen LogP contribution in [0.1, 0.15) is 31.7 Å². The number of hydrogen-bond donors (Lipinski definition) is 1. The van der Waals surface area contributed by atoms with E-state index in [0.29, 0.717) is 5.92 Å². The highest BCUT2D eigenvalue weighted by Crippen LogP contribution is 2.41. The molecular formula is C18H26F3NO4S. The Morgan fingerprint density at radius 2 is 2.26 bits per heavy atom. The van der Waals surface area contributed by atoms with Gasteiger partial charge in [-0.2, -0.15) is 24.5 Å². The molecule has 1 saturated carbocycles. The molecule has 1 aromatic rings. The number of carboxylic acids is 1. The molecule has 2 atom stereocenters. The molecule has 9 heteroatoms. The summed E-state index contributed by atoms with van der Waals surface area (Å²) in [6, 6.07) is 2.24. The van der Waals surface area contributed by atoms with Crippen LogP contribution in [0.15, 0.2) is 16.8 Å². The summed E-state index contributed by atoms with van der Waals surface area (Å²) in [5.41, 5.74) is 1.50. The van der Waals surface area contributed by atoms with Gasteiger partial charge in [-0.25, -0.2) is 4.79 Å². The average molecular weight is 409 g/mol. The summed E-state index contributed by atoms with van der Waals surface area (Å²) in [6.45, 7) is 7.81. The Morgan fingerprint density at radius 1 is 1.52 bits per heavy atom. The molecule has 0 amide bonds. The van der Waals surface area contributed by atoms with Gasteiger partial charge in [0.1, 0.15) is 0 Å². The van der Waals surface area contributed by atoms with Gasteiger partial charge < -0.3 is 14.6 Å². The lowest BCUT2D eigenvalue weighted by Gasteiger charge is -2.44. The molecule has 2 fully saturated rings. The fraction of sp³-hybridized carbons (Fsp3) is 0.722. The van der Waals surface area contributed by atoms with Crippen LogP contribution in [0.4, 0.5) is 13.2 Å². The van der Waals surface area contributed by atoms with Crippen LogP contribution in [-0.2, 0) is 20.8 Å². The number of aliphatic carboxylic acids is 1. The summed E-state index contributed by atoms with van der Waals surface area (Å²) in [5, 5.41) is 11.5. The maximum atomic E-state index is 10.6. The van der Waals surface area contributed by atoms with Crippen molar-refractivity contribution in [2.24, 2.45) is 5.92 Å². The van der Waals surface area contributed by atoms with Crippen molar-refractivity contribution in [1.82, 2.24) is 4.90 Å². The van der Waals surface area contributed by atoms with E-state index in [9.17, 15) is 13.2 Å². The standard InChI is InChI=1S/C16H25NO2S.C2HF3O2/c1-2-18-11-15-4-3-6-16(15)13-17(7-8-19-16)10-14-5-9-20-12-14;3-2(4,5)1(6)7/h5,9,12,15H,2-4,6-8,10-11,13H2,1H3;(H,6,7)/t15-,16+;/m0./s1. The van der Waals surface area contributed by atoms with E-state index >= 15 is 0 Å². The first-order chi connectivity index (χ1) is 12.8. The third kappa shape index (κ3) is 6.44. The Hall–Kier alpha value is -1.16. The summed E-state index contributed by atoms with van der Waals surface area (Å²) in [5.74, 6) is -2.18. The molecule has 27 heavy (non-hydrogen) atoms. The Kier molecular flexibility index (Phi) is 8.08. The normalized spacial score (nSPS) is 26.0. The molecule has 1 saturated heterocycles. The van der Waals surface area contributed by atoms with Gasteiger partial charge in [-0.05, 0) is 42.2 Å². The van der Waals surface area contributed by atoms with E-state index in [1.54, 1.807) is 11.3 Å². The van der Waals surface area contributed by atoms with Crippen LogP contribution < -0.4 is 0 Å². The van der Waals surface area contributed by atoms with Crippen LogP contribution in [0.2, 0.25) is 0 Å². The fourth-order valence-corrected chi connectivity index (χ4v) is 4.33. The van der Waals surface area contributed by atoms with Gasteiger partial charge >= 0.3 is 12.1 Å². The Labute approximate surface area is 161 Å². The van der Waals surface area contributed by atoms with E-state index in [2.05, 4.69) is 28.7 Å². The Balaban J connectivity index is 0.000000321. The van der Waals surface area contributed by atoms with E-state index in [1.807, 2.05) is 0 Å². The second-order valence-electron chi connectivity index (χ2n) is 6.81. The summed E-state index contributed by atoms with van der Waals surface area (Å²) in [4.78, 5) is 11.5. The third-order valence-electron chi connectivity index (χ3n) is 4.94. The number of thiophene rings is 1. The molecule has 0 unspecified atom stereocenters. The summed E-state index contributed by atoms with van der Waals surface area (Å²) in [7, 11) is 0. The zero-order valence-corrected chi connectivity index (χ0v) is 16.2. The van der Waals surface area contributed by atoms with Crippen molar-refractivity contribution >= 4 is 17.3 Å². The van der Waals surface area contributed by atoms with E-state index in [-0.39, 0.29) is 5.60 Å². The summed E-state index contributed by atoms with van der Waals surface area (Å²) in [6.07, 6.45) is -1.35. The van der Waals surface area contributed by atoms with Gasteiger partial charge in [0, 0.05) is 32.2 Å². The third-order valence-corrected chi connectivity index (χ3v) is 5.67. The predicted molar refractivity (Wildman–Crippen MR) is 95.8 cm³/mol. The van der Waals surface area contributed by atoms with E-state index < -0.39 is 12.1 Å². The summed E-state index contributed by atoms with van der Waals surface area (Å²) < 4.78 is 43.7. The van der Waals surface area contributed by atoms with Crippen LogP contribution in [-0.4, -0.2) is 60.7 Å². The van der Waals surface area contributed by atoms with Crippen LogP contribution in [0.3, 0.4) is 0 Å². The molecule has 154 valence electrons. The molecule has 3 rings (SSSR count). The highest BCUT2D eigenvalue weighted by molar-refractivity contribution is 7.07. The van der Waals surface area contributed by atoms with Gasteiger partial charge in [0.05, 0.1) is 18.8 Å². The van der Waals surface area contributed by atoms with E-state index in [4.69, 9.17) is 19.4 Å². The Bertz CT molecular complexity index is 582. The number of morpholine rings is 1. The number of halogens is 3. The Morgan fingerprint density at radius 3 is 2.85 bits per heavy atom. The van der Waals surface area contributed by atoms with Gasteiger partial charge in [-0.1, -0.05) is 6.42 Å². The number of nitrogens with zero attached hydrogens (tertiary/aromatic N) is 1. The van der Waals surface area contributed by atoms with Crippen molar-refractivity contribution in [3.63, 3.8) is 0 Å². The molecule has 0 aromatic carbocycles. The zero-order valence-electron chi connectivity index (χ0n) is 15.3. The first kappa shape index (κ1) is 22.1. The van der Waals surface area contributed by atoms with Crippen molar-refractivity contribution in [2.45, 2.75) is 44.5 Å². The first-order valence-corrected chi connectivity index (χ1v) is 9.96. The van der Waals surface area contributed by atoms with Crippen LogP contribution in [0.5, 0.6) is 0 Å². The quantitative estimate of drug-likeness (QED) is 0.802. The molecule has 1 aliphatic heterocycles. The summed E-state index contributed by atoms with van der Waals surface area (Å²) >= 11 is 1.79. The van der Waals surface area contributed by atoms with Crippen molar-refractivity contribution in [1.29, 1.82) is 0 Å². The number of carboxylic acid groups (broad SMARTS) is 1. The second-order valence-corrected chi connectivity index (χ2v) is 7.59. The molecule has 2 aliphatic rings. The van der Waals surface area contributed by atoms with Crippen LogP contribution in [0, 0.1) is 5.92 Å². The molecule has 1 N–H and O–H groups in total. The lowest BCUT2D eigenvalue weighted by atomic mass is 9.89. The molecule has 5 nitrogen and oxygen atoms in total. The van der Waals surface area contributed by atoms with Crippen molar-refractivity contribution in [3.8, 4) is 0 Å². The second kappa shape index (κ2) is 9.86. The van der Waals surface area contributed by atoms with Gasteiger partial charge in [-0.15, -0.1) is 0 Å².